The fraction of sp³-hybridized carbons (Fsp3) is 0.174. The third kappa shape index (κ3) is 5.89. The van der Waals surface area contributed by atoms with Crippen molar-refractivity contribution in [3.8, 4) is 0 Å². The van der Waals surface area contributed by atoms with Gasteiger partial charge in [0.1, 0.15) is 6.04 Å². The lowest BCUT2D eigenvalue weighted by Crippen LogP contribution is -2.51. The van der Waals surface area contributed by atoms with Crippen LogP contribution in [0.2, 0.25) is 0 Å². The average molecular weight is 577 g/mol. The van der Waals surface area contributed by atoms with Crippen molar-refractivity contribution in [1.29, 1.82) is 0 Å². The number of benzene rings is 2. The first-order valence-electron chi connectivity index (χ1n) is 10.6. The first kappa shape index (κ1) is 24.9. The SMILES string of the molecule is O=C(NNC(=O)[C@H]1CCCN1C(=O)c1cccs1)c1ccc(NS(=O)(=O)c2ccc(Br)cc2)cc1. The van der Waals surface area contributed by atoms with Gasteiger partial charge in [0, 0.05) is 22.3 Å². The van der Waals surface area contributed by atoms with Crippen molar-refractivity contribution in [3.05, 3.63) is 81.0 Å². The molecule has 2 aromatic carbocycles. The molecule has 2 heterocycles. The lowest BCUT2D eigenvalue weighted by molar-refractivity contribution is -0.125. The predicted octanol–water partition coefficient (Wildman–Crippen LogP) is 3.38. The van der Waals surface area contributed by atoms with Gasteiger partial charge in [-0.05, 0) is 72.8 Å². The third-order valence-electron chi connectivity index (χ3n) is 5.37. The molecule has 0 unspecified atom stereocenters. The summed E-state index contributed by atoms with van der Waals surface area (Å²) in [5, 5.41) is 1.80. The number of hydrogen-bond acceptors (Lipinski definition) is 6. The fourth-order valence-corrected chi connectivity index (χ4v) is 5.62. The van der Waals surface area contributed by atoms with Crippen LogP contribution < -0.4 is 15.6 Å². The topological polar surface area (TPSA) is 125 Å². The number of carbonyl (C=O) groups is 3. The number of thiophene rings is 1. The van der Waals surface area contributed by atoms with Crippen molar-refractivity contribution in [3.63, 3.8) is 0 Å². The number of hydrogen-bond donors (Lipinski definition) is 3. The van der Waals surface area contributed by atoms with E-state index in [-0.39, 0.29) is 22.1 Å². The number of carbonyl (C=O) groups excluding carboxylic acids is 3. The second-order valence-corrected chi connectivity index (χ2v) is 11.3. The second kappa shape index (κ2) is 10.6. The molecule has 0 aliphatic carbocycles. The van der Waals surface area contributed by atoms with Crippen molar-refractivity contribution >= 4 is 60.7 Å². The Bertz CT molecular complexity index is 1330. The molecule has 12 heteroatoms. The summed E-state index contributed by atoms with van der Waals surface area (Å²) in [6.45, 7) is 0.473. The maximum atomic E-state index is 12.6. The van der Waals surface area contributed by atoms with E-state index >= 15 is 0 Å². The Kier molecular flexibility index (Phi) is 7.53. The van der Waals surface area contributed by atoms with Crippen LogP contribution >= 0.6 is 27.3 Å². The molecule has 3 amide bonds. The van der Waals surface area contributed by atoms with Crippen LogP contribution in [0, 0.1) is 0 Å². The van der Waals surface area contributed by atoms with Crippen LogP contribution in [0.5, 0.6) is 0 Å². The first-order chi connectivity index (χ1) is 16.7. The van der Waals surface area contributed by atoms with Gasteiger partial charge in [-0.3, -0.25) is 30.0 Å². The summed E-state index contributed by atoms with van der Waals surface area (Å²) in [5.74, 6) is -1.25. The molecule has 35 heavy (non-hydrogen) atoms. The minimum Gasteiger partial charge on any atom is -0.326 e. The third-order valence-corrected chi connectivity index (χ3v) is 8.15. The molecule has 1 fully saturated rings. The van der Waals surface area contributed by atoms with Gasteiger partial charge in [0.15, 0.2) is 0 Å². The van der Waals surface area contributed by atoms with Crippen molar-refractivity contribution in [1.82, 2.24) is 15.8 Å². The number of halogens is 1. The van der Waals surface area contributed by atoms with Crippen molar-refractivity contribution in [2.24, 2.45) is 0 Å². The van der Waals surface area contributed by atoms with Gasteiger partial charge >= 0.3 is 0 Å². The Balaban J connectivity index is 1.33. The highest BCUT2D eigenvalue weighted by molar-refractivity contribution is 9.10. The molecule has 1 saturated heterocycles. The highest BCUT2D eigenvalue weighted by atomic mass is 79.9. The quantitative estimate of drug-likeness (QED) is 0.388. The van der Waals surface area contributed by atoms with E-state index < -0.39 is 27.9 Å². The summed E-state index contributed by atoms with van der Waals surface area (Å²) in [6.07, 6.45) is 1.20. The van der Waals surface area contributed by atoms with Gasteiger partial charge in [0.05, 0.1) is 9.77 Å². The molecule has 1 atom stereocenters. The average Bonchev–Trinajstić information content (AvgIpc) is 3.55. The summed E-state index contributed by atoms with van der Waals surface area (Å²) in [7, 11) is -3.78. The van der Waals surface area contributed by atoms with Gasteiger partial charge in [-0.1, -0.05) is 22.0 Å². The molecule has 1 aromatic heterocycles. The van der Waals surface area contributed by atoms with Crippen LogP contribution in [0.4, 0.5) is 5.69 Å². The fourth-order valence-electron chi connectivity index (χ4n) is 3.62. The summed E-state index contributed by atoms with van der Waals surface area (Å²) in [4.78, 5) is 39.9. The molecule has 182 valence electrons. The number of hydrazine groups is 1. The summed E-state index contributed by atoms with van der Waals surface area (Å²) >= 11 is 4.58. The predicted molar refractivity (Wildman–Crippen MR) is 135 cm³/mol. The minimum atomic E-state index is -3.78. The maximum Gasteiger partial charge on any atom is 0.269 e. The summed E-state index contributed by atoms with van der Waals surface area (Å²) in [5.41, 5.74) is 5.24. The zero-order chi connectivity index (χ0) is 25.0. The van der Waals surface area contributed by atoms with Crippen LogP contribution in [0.1, 0.15) is 32.9 Å². The van der Waals surface area contributed by atoms with Gasteiger partial charge in [-0.15, -0.1) is 11.3 Å². The smallest absolute Gasteiger partial charge is 0.269 e. The molecule has 4 rings (SSSR count). The number of likely N-dealkylation sites (tertiary alicyclic amines) is 1. The lowest BCUT2D eigenvalue weighted by Gasteiger charge is -2.23. The monoisotopic (exact) mass is 576 g/mol. The van der Waals surface area contributed by atoms with Crippen LogP contribution in [0.15, 0.2) is 75.4 Å². The van der Waals surface area contributed by atoms with Crippen LogP contribution in [0.3, 0.4) is 0 Å². The number of rotatable bonds is 6. The molecular weight excluding hydrogens is 556 g/mol. The number of nitrogens with zero attached hydrogens (tertiary/aromatic N) is 1. The van der Waals surface area contributed by atoms with Crippen molar-refractivity contribution in [2.45, 2.75) is 23.8 Å². The van der Waals surface area contributed by atoms with E-state index in [1.165, 1.54) is 52.6 Å². The largest absolute Gasteiger partial charge is 0.326 e. The number of sulfonamides is 1. The van der Waals surface area contributed by atoms with Gasteiger partial charge in [0.2, 0.25) is 0 Å². The lowest BCUT2D eigenvalue weighted by atomic mass is 10.2. The van der Waals surface area contributed by atoms with E-state index in [1.807, 2.05) is 0 Å². The minimum absolute atomic E-state index is 0.101. The van der Waals surface area contributed by atoms with Gasteiger partial charge in [0.25, 0.3) is 27.7 Å². The van der Waals surface area contributed by atoms with Gasteiger partial charge in [-0.2, -0.15) is 0 Å². The molecule has 3 aromatic rings. The van der Waals surface area contributed by atoms with E-state index in [0.29, 0.717) is 24.3 Å². The van der Waals surface area contributed by atoms with Crippen molar-refractivity contribution in [2.75, 3.05) is 11.3 Å². The standard InChI is InChI=1S/C23H21BrN4O5S2/c24-16-7-11-18(12-8-16)35(32,33)27-17-9-5-15(6-10-17)21(29)25-26-22(30)19-3-1-13-28(19)23(31)20-4-2-14-34-20/h2,4-12,14,19,27H,1,3,13H2,(H,25,29)(H,26,30)/t19-/m1/s1. The van der Waals surface area contributed by atoms with E-state index in [2.05, 4.69) is 31.5 Å². The molecule has 3 N–H and O–H groups in total. The van der Waals surface area contributed by atoms with E-state index in [9.17, 15) is 22.8 Å². The maximum absolute atomic E-state index is 12.6. The Labute approximate surface area is 214 Å². The number of amides is 3. The molecule has 0 bridgehead atoms. The van der Waals surface area contributed by atoms with E-state index in [1.54, 1.807) is 29.6 Å². The zero-order valence-corrected chi connectivity index (χ0v) is 21.5. The Morgan fingerprint density at radius 2 is 1.69 bits per heavy atom. The Morgan fingerprint density at radius 3 is 2.34 bits per heavy atom. The molecule has 1 aliphatic rings. The second-order valence-electron chi connectivity index (χ2n) is 7.71. The normalized spacial score (nSPS) is 15.5. The van der Waals surface area contributed by atoms with Crippen molar-refractivity contribution < 1.29 is 22.8 Å². The van der Waals surface area contributed by atoms with E-state index in [0.717, 1.165) is 4.47 Å². The van der Waals surface area contributed by atoms with Crippen LogP contribution in [-0.2, 0) is 14.8 Å². The molecule has 9 nitrogen and oxygen atoms in total. The molecular formula is C23H21BrN4O5S2. The zero-order valence-electron chi connectivity index (χ0n) is 18.2. The summed E-state index contributed by atoms with van der Waals surface area (Å²) in [6, 6.07) is 14.8. The number of nitrogens with one attached hydrogen (secondary N) is 3. The molecule has 0 radical (unpaired) electrons. The molecule has 0 saturated carbocycles. The number of anilines is 1. The van der Waals surface area contributed by atoms with Crippen LogP contribution in [0.25, 0.3) is 0 Å². The Morgan fingerprint density at radius 1 is 0.971 bits per heavy atom. The highest BCUT2D eigenvalue weighted by Crippen LogP contribution is 2.22. The van der Waals surface area contributed by atoms with E-state index in [4.69, 9.17) is 0 Å². The first-order valence-corrected chi connectivity index (χ1v) is 13.7. The van der Waals surface area contributed by atoms with Crippen LogP contribution in [-0.4, -0.2) is 43.6 Å². The Hall–Kier alpha value is -3.22. The summed E-state index contributed by atoms with van der Waals surface area (Å²) < 4.78 is 28.2. The van der Waals surface area contributed by atoms with Gasteiger partial charge < -0.3 is 4.90 Å². The highest BCUT2D eigenvalue weighted by Gasteiger charge is 2.35. The van der Waals surface area contributed by atoms with Gasteiger partial charge in [-0.25, -0.2) is 8.42 Å². The molecule has 0 spiro atoms. The molecule has 1 aliphatic heterocycles.